The van der Waals surface area contributed by atoms with Crippen LogP contribution in [0.15, 0.2) is 35.7 Å². The third-order valence-electron chi connectivity index (χ3n) is 2.02. The number of thiophene rings is 1. The molecule has 1 atom stereocenters. The molecule has 0 N–H and O–H groups in total. The quantitative estimate of drug-likeness (QED) is 0.683. The monoisotopic (exact) mass is 304 g/mol. The average Bonchev–Trinajstić information content (AvgIpc) is 2.74. The largest absolute Gasteiger partial charge is 0.207 e. The highest BCUT2D eigenvalue weighted by atomic mass is 79.9. The molecule has 1 aromatic carbocycles. The molecule has 1 unspecified atom stereocenters. The van der Waals surface area contributed by atoms with E-state index in [-0.39, 0.29) is 10.6 Å². The SMILES string of the molecule is Fc1ccc(Cl)cc1C(Br)c1cccs1. The summed E-state index contributed by atoms with van der Waals surface area (Å²) in [5.41, 5.74) is 0.574. The van der Waals surface area contributed by atoms with E-state index in [1.165, 1.54) is 6.07 Å². The van der Waals surface area contributed by atoms with Gasteiger partial charge in [-0.05, 0) is 29.6 Å². The summed E-state index contributed by atoms with van der Waals surface area (Å²) in [5, 5.41) is 2.51. The molecular formula is C11H7BrClFS. The Bertz CT molecular complexity index is 456. The van der Waals surface area contributed by atoms with Crippen LogP contribution >= 0.6 is 38.9 Å². The van der Waals surface area contributed by atoms with Crippen LogP contribution in [0.1, 0.15) is 15.3 Å². The first-order chi connectivity index (χ1) is 7.18. The smallest absolute Gasteiger partial charge is 0.128 e. The zero-order valence-corrected chi connectivity index (χ0v) is 10.7. The number of hydrogen-bond acceptors (Lipinski definition) is 1. The Morgan fingerprint density at radius 2 is 2.13 bits per heavy atom. The van der Waals surface area contributed by atoms with E-state index >= 15 is 0 Å². The van der Waals surface area contributed by atoms with Crippen LogP contribution < -0.4 is 0 Å². The highest BCUT2D eigenvalue weighted by Crippen LogP contribution is 2.35. The fraction of sp³-hybridized carbons (Fsp3) is 0.0909. The Balaban J connectivity index is 2.41. The van der Waals surface area contributed by atoms with Crippen molar-refractivity contribution in [2.75, 3.05) is 0 Å². The lowest BCUT2D eigenvalue weighted by Crippen LogP contribution is -1.94. The van der Waals surface area contributed by atoms with Crippen LogP contribution in [-0.2, 0) is 0 Å². The van der Waals surface area contributed by atoms with E-state index in [1.54, 1.807) is 23.5 Å². The molecule has 0 radical (unpaired) electrons. The predicted molar refractivity (Wildman–Crippen MR) is 66.5 cm³/mol. The Morgan fingerprint density at radius 3 is 2.80 bits per heavy atom. The fourth-order valence-corrected chi connectivity index (χ4v) is 3.02. The molecule has 0 bridgehead atoms. The van der Waals surface area contributed by atoms with Gasteiger partial charge in [-0.1, -0.05) is 33.6 Å². The molecule has 1 heterocycles. The first-order valence-corrected chi connectivity index (χ1v) is 6.48. The summed E-state index contributed by atoms with van der Waals surface area (Å²) in [4.78, 5) is 0.937. The Morgan fingerprint density at radius 1 is 1.33 bits per heavy atom. The summed E-state index contributed by atoms with van der Waals surface area (Å²) >= 11 is 10.9. The van der Waals surface area contributed by atoms with Crippen molar-refractivity contribution < 1.29 is 4.39 Å². The number of rotatable bonds is 2. The highest BCUT2D eigenvalue weighted by molar-refractivity contribution is 9.09. The zero-order valence-electron chi connectivity index (χ0n) is 7.58. The predicted octanol–water partition coefficient (Wildman–Crippen LogP) is 5.02. The van der Waals surface area contributed by atoms with Gasteiger partial charge in [-0.25, -0.2) is 4.39 Å². The summed E-state index contributed by atoms with van der Waals surface area (Å²) in [6, 6.07) is 8.49. The van der Waals surface area contributed by atoms with E-state index in [2.05, 4.69) is 15.9 Å². The zero-order chi connectivity index (χ0) is 10.8. The molecule has 1 aromatic heterocycles. The van der Waals surface area contributed by atoms with Crippen molar-refractivity contribution in [3.63, 3.8) is 0 Å². The van der Waals surface area contributed by atoms with E-state index in [1.807, 2.05) is 17.5 Å². The van der Waals surface area contributed by atoms with Crippen LogP contribution in [0.5, 0.6) is 0 Å². The van der Waals surface area contributed by atoms with Gasteiger partial charge in [0.2, 0.25) is 0 Å². The molecule has 2 aromatic rings. The lowest BCUT2D eigenvalue weighted by Gasteiger charge is -2.09. The number of halogens is 3. The van der Waals surface area contributed by atoms with E-state index in [4.69, 9.17) is 11.6 Å². The minimum absolute atomic E-state index is 0.129. The fourth-order valence-electron chi connectivity index (χ4n) is 1.30. The van der Waals surface area contributed by atoms with E-state index in [0.717, 1.165) is 4.88 Å². The van der Waals surface area contributed by atoms with Gasteiger partial charge in [0.05, 0.1) is 4.83 Å². The van der Waals surface area contributed by atoms with Crippen molar-refractivity contribution in [1.29, 1.82) is 0 Å². The van der Waals surface area contributed by atoms with Crippen molar-refractivity contribution in [2.24, 2.45) is 0 Å². The molecule has 2 rings (SSSR count). The maximum atomic E-state index is 13.5. The standard InChI is InChI=1S/C11H7BrClFS/c12-11(10-2-1-5-15-10)8-6-7(13)3-4-9(8)14/h1-6,11H. The van der Waals surface area contributed by atoms with Crippen molar-refractivity contribution in [3.05, 3.63) is 57.0 Å². The molecule has 15 heavy (non-hydrogen) atoms. The molecule has 0 fully saturated rings. The van der Waals surface area contributed by atoms with Crippen molar-refractivity contribution in [2.45, 2.75) is 4.83 Å². The summed E-state index contributed by atoms with van der Waals surface area (Å²) in [6.07, 6.45) is 0. The van der Waals surface area contributed by atoms with Gasteiger partial charge in [-0.2, -0.15) is 0 Å². The molecule has 0 saturated heterocycles. The van der Waals surface area contributed by atoms with E-state index in [9.17, 15) is 4.39 Å². The second-order valence-electron chi connectivity index (χ2n) is 3.04. The first-order valence-electron chi connectivity index (χ1n) is 4.31. The van der Waals surface area contributed by atoms with Gasteiger partial charge in [0, 0.05) is 15.5 Å². The average molecular weight is 306 g/mol. The topological polar surface area (TPSA) is 0 Å². The molecule has 0 spiro atoms. The third kappa shape index (κ3) is 2.41. The normalized spacial score (nSPS) is 12.7. The van der Waals surface area contributed by atoms with Gasteiger partial charge in [-0.15, -0.1) is 11.3 Å². The Kier molecular flexibility index (Phi) is 3.44. The maximum Gasteiger partial charge on any atom is 0.128 e. The summed E-state index contributed by atoms with van der Waals surface area (Å²) < 4.78 is 13.5. The molecular weight excluding hydrogens is 299 g/mol. The summed E-state index contributed by atoms with van der Waals surface area (Å²) in [5.74, 6) is -0.241. The van der Waals surface area contributed by atoms with Gasteiger partial charge in [0.1, 0.15) is 5.82 Å². The molecule has 78 valence electrons. The van der Waals surface area contributed by atoms with Crippen LogP contribution in [-0.4, -0.2) is 0 Å². The molecule has 0 amide bonds. The van der Waals surface area contributed by atoms with Gasteiger partial charge < -0.3 is 0 Å². The number of hydrogen-bond donors (Lipinski definition) is 0. The summed E-state index contributed by atoms with van der Waals surface area (Å²) in [7, 11) is 0. The van der Waals surface area contributed by atoms with Crippen molar-refractivity contribution in [3.8, 4) is 0 Å². The molecule has 0 aliphatic carbocycles. The lowest BCUT2D eigenvalue weighted by atomic mass is 10.1. The highest BCUT2D eigenvalue weighted by Gasteiger charge is 2.15. The molecule has 0 aliphatic rings. The van der Waals surface area contributed by atoms with Crippen LogP contribution in [0.4, 0.5) is 4.39 Å². The van der Waals surface area contributed by atoms with E-state index in [0.29, 0.717) is 10.6 Å². The lowest BCUT2D eigenvalue weighted by molar-refractivity contribution is 0.614. The van der Waals surface area contributed by atoms with Gasteiger partial charge in [0.25, 0.3) is 0 Å². The maximum absolute atomic E-state index is 13.5. The summed E-state index contributed by atoms with van der Waals surface area (Å²) in [6.45, 7) is 0. The second kappa shape index (κ2) is 4.64. The van der Waals surface area contributed by atoms with Gasteiger partial charge in [-0.3, -0.25) is 0 Å². The van der Waals surface area contributed by atoms with Gasteiger partial charge >= 0.3 is 0 Å². The number of alkyl halides is 1. The Labute approximate surface area is 105 Å². The minimum atomic E-state index is -0.241. The van der Waals surface area contributed by atoms with E-state index < -0.39 is 0 Å². The van der Waals surface area contributed by atoms with Crippen LogP contribution in [0.2, 0.25) is 5.02 Å². The van der Waals surface area contributed by atoms with Crippen molar-refractivity contribution >= 4 is 38.9 Å². The molecule has 0 saturated carbocycles. The molecule has 0 aliphatic heterocycles. The number of benzene rings is 1. The molecule has 0 nitrogen and oxygen atoms in total. The van der Waals surface area contributed by atoms with Gasteiger partial charge in [0.15, 0.2) is 0 Å². The second-order valence-corrected chi connectivity index (χ2v) is 5.38. The third-order valence-corrected chi connectivity index (χ3v) is 4.49. The van der Waals surface area contributed by atoms with Crippen molar-refractivity contribution in [1.82, 2.24) is 0 Å². The van der Waals surface area contributed by atoms with Crippen LogP contribution in [0.25, 0.3) is 0 Å². The van der Waals surface area contributed by atoms with Crippen LogP contribution in [0.3, 0.4) is 0 Å². The van der Waals surface area contributed by atoms with Crippen LogP contribution in [0, 0.1) is 5.82 Å². The molecule has 4 heteroatoms. The Hall–Kier alpha value is -0.380. The minimum Gasteiger partial charge on any atom is -0.207 e. The first kappa shape index (κ1) is 11.1.